The number of phenols is 2. The second-order valence-corrected chi connectivity index (χ2v) is 25.9. The first kappa shape index (κ1) is 58.1. The molecule has 12 rings (SSSR count). The molecule has 2 atom stereocenters. The SMILES string of the molecule is CC(C)(C)c1cc(C(c2ccccc2)(c2ccccc2)c2ccccc2)cc(C=[N+]2[Mn][N+](=Cc3cc(C(c4ccccc4)(c4ccccc4)c4ccccc4)cc(C(C)(C)C)c3O)[C@@H]3CCCC[C@H]32)c1O.[O-]c1ccc(Oc2ccccc2)cc1. The summed E-state index contributed by atoms with van der Waals surface area (Å²) < 4.78 is 10.5. The molecule has 0 spiro atoms. The predicted molar refractivity (Wildman–Crippen MR) is 340 cm³/mol. The maximum absolute atomic E-state index is 12.6. The fraction of sp³-hybridized carbons (Fsp3) is 0.205. The number of nitrogens with zero attached hydrogens (tertiary/aromatic N) is 2. The van der Waals surface area contributed by atoms with Crippen molar-refractivity contribution < 1.29 is 42.6 Å². The average Bonchev–Trinajstić information content (AvgIpc) is 1.43. The number of phenolic OH excluding ortho intramolecular Hbond substituents is 2. The Labute approximate surface area is 509 Å². The summed E-state index contributed by atoms with van der Waals surface area (Å²) >= 11 is 0.208. The summed E-state index contributed by atoms with van der Waals surface area (Å²) in [5, 5.41) is 36.0. The van der Waals surface area contributed by atoms with Crippen LogP contribution in [-0.4, -0.2) is 41.9 Å². The standard InChI is InChI=1S/C66H66N2O2.C12H10O2.Mn/c1-63(2,3)57-43-55(65(49-27-13-7-14-28-49,50-29-15-8-16-30-50)51-31-17-9-18-32-51)41-47(61(57)69)45-67-59-39-25-26-40-60(59)68-46-48-42-56(44-58(62(48)70)64(4,5)6)66(52-33-19-10-20-34-52,53-35-21-11-22-36-53)54-37-23-12-24-38-54;13-10-6-8-12(9-7-10)14-11-4-2-1-3-5-11;/h7-24,27-38,41-46,59-60,69-70H,25-26,39-40H2,1-6H3;1-9,13H;/q;;+2/p-1/t59-,60-;;/m1../s1. The van der Waals surface area contributed by atoms with Crippen molar-refractivity contribution >= 4 is 12.4 Å². The molecular formula is C78H75MnN2O4+. The third-order valence-electron chi connectivity index (χ3n) is 16.8. The largest absolute Gasteiger partial charge is 0.872 e. The van der Waals surface area contributed by atoms with Crippen LogP contribution in [0.1, 0.15) is 134 Å². The number of hydrogen-bond acceptors (Lipinski definition) is 4. The number of para-hydroxylation sites is 1. The van der Waals surface area contributed by atoms with Crippen molar-refractivity contribution in [3.63, 3.8) is 0 Å². The third-order valence-corrected chi connectivity index (χ3v) is 18.5. The molecule has 2 fully saturated rings. The Balaban J connectivity index is 0.000000469. The second-order valence-electron chi connectivity index (χ2n) is 24.4. The molecule has 10 aromatic carbocycles. The van der Waals surface area contributed by atoms with Crippen molar-refractivity contribution in [2.45, 2.75) is 101 Å². The Bertz CT molecular complexity index is 3510. The molecule has 2 aliphatic rings. The minimum absolute atomic E-state index is 0.00888. The van der Waals surface area contributed by atoms with Gasteiger partial charge in [0.1, 0.15) is 11.5 Å². The Hall–Kier alpha value is -8.74. The molecule has 1 aliphatic carbocycles. The van der Waals surface area contributed by atoms with Crippen LogP contribution in [0.25, 0.3) is 0 Å². The van der Waals surface area contributed by atoms with Crippen LogP contribution in [0.15, 0.2) is 261 Å². The molecule has 0 amide bonds. The topological polar surface area (TPSA) is 78.8 Å². The van der Waals surface area contributed by atoms with Crippen LogP contribution in [0, 0.1) is 0 Å². The van der Waals surface area contributed by atoms with E-state index >= 15 is 0 Å². The van der Waals surface area contributed by atoms with Crippen LogP contribution < -0.4 is 9.84 Å². The van der Waals surface area contributed by atoms with Crippen LogP contribution in [0.5, 0.6) is 28.7 Å². The summed E-state index contributed by atoms with van der Waals surface area (Å²) in [4.78, 5) is 0. The summed E-state index contributed by atoms with van der Waals surface area (Å²) in [5.41, 5.74) is 10.6. The van der Waals surface area contributed by atoms with Crippen LogP contribution in [-0.2, 0) is 37.1 Å². The number of hydrogen-bond donors (Lipinski definition) is 2. The minimum Gasteiger partial charge on any atom is -0.872 e. The van der Waals surface area contributed by atoms with Gasteiger partial charge >= 0.3 is 431 Å². The third kappa shape index (κ3) is 11.9. The molecule has 1 aliphatic heterocycles. The van der Waals surface area contributed by atoms with E-state index < -0.39 is 10.8 Å². The molecular weight excluding hydrogens is 1080 g/mol. The first-order valence-electron chi connectivity index (χ1n) is 29.7. The normalized spacial score (nSPS) is 16.3. The van der Waals surface area contributed by atoms with Crippen LogP contribution in [0.3, 0.4) is 0 Å². The summed E-state index contributed by atoms with van der Waals surface area (Å²) in [6.07, 6.45) is 8.91. The van der Waals surface area contributed by atoms with Gasteiger partial charge in [-0.25, -0.2) is 0 Å². The molecule has 2 N–H and O–H groups in total. The monoisotopic (exact) mass is 1160 g/mol. The summed E-state index contributed by atoms with van der Waals surface area (Å²) in [7, 11) is 0. The van der Waals surface area contributed by atoms with Crippen molar-refractivity contribution in [2.24, 2.45) is 0 Å². The Morgan fingerprint density at radius 1 is 0.388 bits per heavy atom. The van der Waals surface area contributed by atoms with Gasteiger partial charge in [-0.1, -0.05) is 30.3 Å². The van der Waals surface area contributed by atoms with E-state index in [0.29, 0.717) is 17.2 Å². The minimum atomic E-state index is -0.678. The molecule has 0 aromatic heterocycles. The zero-order valence-electron chi connectivity index (χ0n) is 49.4. The summed E-state index contributed by atoms with van der Waals surface area (Å²) in [6, 6.07) is 90.3. The molecule has 427 valence electrons. The van der Waals surface area contributed by atoms with Crippen molar-refractivity contribution in [2.75, 3.05) is 0 Å². The van der Waals surface area contributed by atoms with Crippen molar-refractivity contribution in [1.82, 2.24) is 0 Å². The first-order chi connectivity index (χ1) is 41.1. The molecule has 85 heavy (non-hydrogen) atoms. The summed E-state index contributed by atoms with van der Waals surface area (Å²) in [6.45, 7) is 13.2. The van der Waals surface area contributed by atoms with Crippen molar-refractivity contribution in [3.05, 3.63) is 328 Å². The van der Waals surface area contributed by atoms with Crippen LogP contribution in [0.4, 0.5) is 0 Å². The van der Waals surface area contributed by atoms with Crippen LogP contribution >= 0.6 is 0 Å². The van der Waals surface area contributed by atoms with E-state index in [1.807, 2.05) is 30.3 Å². The fourth-order valence-corrected chi connectivity index (χ4v) is 14.6. The van der Waals surface area contributed by atoms with Gasteiger partial charge in [0.2, 0.25) is 0 Å². The van der Waals surface area contributed by atoms with Crippen LogP contribution in [0.2, 0.25) is 0 Å². The molecule has 6 nitrogen and oxygen atoms in total. The number of rotatable bonds is 12. The molecule has 1 heterocycles. The quantitative estimate of drug-likeness (QED) is 0.0944. The fourth-order valence-electron chi connectivity index (χ4n) is 12.7. The predicted octanol–water partition coefficient (Wildman–Crippen LogP) is 16.8. The zero-order valence-corrected chi connectivity index (χ0v) is 50.6. The van der Waals surface area contributed by atoms with E-state index in [9.17, 15) is 15.3 Å². The maximum atomic E-state index is 12.6. The van der Waals surface area contributed by atoms with E-state index in [-0.39, 0.29) is 44.1 Å². The maximum Gasteiger partial charge on any atom is 0.127 e. The molecule has 0 radical (unpaired) electrons. The number of benzene rings is 10. The van der Waals surface area contributed by atoms with E-state index in [1.165, 1.54) is 12.1 Å². The van der Waals surface area contributed by atoms with Gasteiger partial charge in [-0.15, -0.1) is 5.75 Å². The van der Waals surface area contributed by atoms with Crippen molar-refractivity contribution in [1.29, 1.82) is 0 Å². The van der Waals surface area contributed by atoms with E-state index in [4.69, 9.17) is 4.74 Å². The smallest absolute Gasteiger partial charge is 0.127 e. The van der Waals surface area contributed by atoms with Crippen molar-refractivity contribution in [3.8, 4) is 28.7 Å². The number of ether oxygens (including phenoxy) is 1. The average molecular weight is 1160 g/mol. The van der Waals surface area contributed by atoms with Gasteiger partial charge in [0, 0.05) is 0 Å². The van der Waals surface area contributed by atoms with Gasteiger partial charge in [0.15, 0.2) is 0 Å². The summed E-state index contributed by atoms with van der Waals surface area (Å²) in [5.74, 6) is 2.08. The van der Waals surface area contributed by atoms with Gasteiger partial charge in [-0.05, 0) is 24.3 Å². The Morgan fingerprint density at radius 2 is 0.671 bits per heavy atom. The Kier molecular flexibility index (Phi) is 17.0. The first-order valence-corrected chi connectivity index (χ1v) is 30.7. The van der Waals surface area contributed by atoms with Gasteiger partial charge in [0.25, 0.3) is 0 Å². The van der Waals surface area contributed by atoms with E-state index in [1.54, 1.807) is 12.1 Å². The molecule has 0 bridgehead atoms. The molecule has 10 aromatic rings. The molecule has 7 heteroatoms. The van der Waals surface area contributed by atoms with E-state index in [2.05, 4.69) is 267 Å². The number of aromatic hydroxyl groups is 2. The van der Waals surface area contributed by atoms with Gasteiger partial charge < -0.3 is 9.84 Å². The van der Waals surface area contributed by atoms with E-state index in [0.717, 1.165) is 98.2 Å². The second kappa shape index (κ2) is 24.8. The zero-order chi connectivity index (χ0) is 59.2. The van der Waals surface area contributed by atoms with Gasteiger partial charge in [-0.3, -0.25) is 0 Å². The molecule has 1 saturated carbocycles. The Morgan fingerprint density at radius 3 is 0.965 bits per heavy atom. The van der Waals surface area contributed by atoms with Gasteiger partial charge in [-0.2, -0.15) is 0 Å². The molecule has 1 saturated heterocycles. The number of fused-ring (bicyclic) bond motifs is 1. The molecule has 0 unspecified atom stereocenters. The van der Waals surface area contributed by atoms with Gasteiger partial charge in [0.05, 0.1) is 0 Å².